The molecule has 1 rings (SSSR count). The van der Waals surface area contributed by atoms with Gasteiger partial charge in [-0.05, 0) is 19.1 Å². The van der Waals surface area contributed by atoms with Crippen LogP contribution in [-0.4, -0.2) is 13.0 Å². The standard InChI is InChI=1S/C12H15NO2/c1-4-5-6-11(15-3)10-7-8-13-12(14)9(10)2/h4-9H,1H2,2-3H3,(H,13,14)/b6-5-,11-10+. The summed E-state index contributed by atoms with van der Waals surface area (Å²) in [5, 5.41) is 2.64. The van der Waals surface area contributed by atoms with Crippen molar-refractivity contribution in [2.24, 2.45) is 5.92 Å². The summed E-state index contributed by atoms with van der Waals surface area (Å²) < 4.78 is 5.22. The molecule has 1 unspecified atom stereocenters. The fourth-order valence-corrected chi connectivity index (χ4v) is 1.36. The molecule has 80 valence electrons. The lowest BCUT2D eigenvalue weighted by Crippen LogP contribution is -2.29. The number of hydrogen-bond donors (Lipinski definition) is 1. The lowest BCUT2D eigenvalue weighted by Gasteiger charge is -2.18. The highest BCUT2D eigenvalue weighted by Crippen LogP contribution is 2.21. The van der Waals surface area contributed by atoms with Crippen LogP contribution in [0.5, 0.6) is 0 Å². The second-order valence-corrected chi connectivity index (χ2v) is 3.18. The Morgan fingerprint density at radius 1 is 1.67 bits per heavy atom. The van der Waals surface area contributed by atoms with E-state index in [0.717, 1.165) is 5.57 Å². The molecule has 0 radical (unpaired) electrons. The highest BCUT2D eigenvalue weighted by atomic mass is 16.5. The van der Waals surface area contributed by atoms with Crippen molar-refractivity contribution in [3.8, 4) is 0 Å². The first-order chi connectivity index (χ1) is 7.20. The van der Waals surface area contributed by atoms with Gasteiger partial charge in [-0.2, -0.15) is 0 Å². The number of carbonyl (C=O) groups excluding carboxylic acids is 1. The predicted molar refractivity (Wildman–Crippen MR) is 59.8 cm³/mol. The number of ether oxygens (including phenoxy) is 1. The van der Waals surface area contributed by atoms with Crippen LogP contribution >= 0.6 is 0 Å². The number of allylic oxidation sites excluding steroid dienone is 4. The van der Waals surface area contributed by atoms with Crippen molar-refractivity contribution in [1.29, 1.82) is 0 Å². The van der Waals surface area contributed by atoms with Gasteiger partial charge < -0.3 is 10.1 Å². The molecule has 0 spiro atoms. The quantitative estimate of drug-likeness (QED) is 0.564. The summed E-state index contributed by atoms with van der Waals surface area (Å²) in [7, 11) is 1.59. The molecule has 15 heavy (non-hydrogen) atoms. The highest BCUT2D eigenvalue weighted by Gasteiger charge is 2.21. The van der Waals surface area contributed by atoms with E-state index in [1.807, 2.05) is 13.0 Å². The van der Waals surface area contributed by atoms with Gasteiger partial charge in [0.1, 0.15) is 5.76 Å². The van der Waals surface area contributed by atoms with Crippen molar-refractivity contribution in [3.05, 3.63) is 48.4 Å². The van der Waals surface area contributed by atoms with Crippen LogP contribution in [-0.2, 0) is 9.53 Å². The Labute approximate surface area is 89.8 Å². The van der Waals surface area contributed by atoms with E-state index in [-0.39, 0.29) is 11.8 Å². The van der Waals surface area contributed by atoms with Crippen molar-refractivity contribution in [2.45, 2.75) is 6.92 Å². The zero-order valence-electron chi connectivity index (χ0n) is 8.99. The molecule has 1 atom stereocenters. The Hall–Kier alpha value is -1.77. The third kappa shape index (κ3) is 2.59. The summed E-state index contributed by atoms with van der Waals surface area (Å²) in [6, 6.07) is 0. The maximum atomic E-state index is 11.4. The Bertz CT molecular complexity index is 351. The topological polar surface area (TPSA) is 38.3 Å². The third-order valence-electron chi connectivity index (χ3n) is 2.24. The van der Waals surface area contributed by atoms with Gasteiger partial charge in [0, 0.05) is 11.8 Å². The summed E-state index contributed by atoms with van der Waals surface area (Å²) in [5.41, 5.74) is 0.874. The van der Waals surface area contributed by atoms with Crippen LogP contribution in [0.15, 0.2) is 48.4 Å². The van der Waals surface area contributed by atoms with E-state index in [0.29, 0.717) is 5.76 Å². The number of hydrogen-bond acceptors (Lipinski definition) is 2. The largest absolute Gasteiger partial charge is 0.496 e. The van der Waals surface area contributed by atoms with Crippen molar-refractivity contribution in [1.82, 2.24) is 5.32 Å². The molecule has 1 heterocycles. The summed E-state index contributed by atoms with van der Waals surface area (Å²) in [4.78, 5) is 11.4. The highest BCUT2D eigenvalue weighted by molar-refractivity contribution is 5.84. The molecule has 0 saturated carbocycles. The molecule has 3 heteroatoms. The molecule has 0 aromatic heterocycles. The number of methoxy groups -OCH3 is 1. The second kappa shape index (κ2) is 5.20. The molecule has 3 nitrogen and oxygen atoms in total. The van der Waals surface area contributed by atoms with Crippen LogP contribution in [0.25, 0.3) is 0 Å². The van der Waals surface area contributed by atoms with Crippen LogP contribution in [0.4, 0.5) is 0 Å². The SMILES string of the molecule is C=C/C=C\C(OC)=C1\C=CNC(=O)C1C. The van der Waals surface area contributed by atoms with Gasteiger partial charge in [-0.15, -0.1) is 0 Å². The Morgan fingerprint density at radius 2 is 2.40 bits per heavy atom. The summed E-state index contributed by atoms with van der Waals surface area (Å²) in [6.45, 7) is 5.43. The Morgan fingerprint density at radius 3 is 3.00 bits per heavy atom. The van der Waals surface area contributed by atoms with Crippen molar-refractivity contribution in [3.63, 3.8) is 0 Å². The molecule has 0 aliphatic carbocycles. The van der Waals surface area contributed by atoms with E-state index in [1.54, 1.807) is 31.5 Å². The normalized spacial score (nSPS) is 23.9. The van der Waals surface area contributed by atoms with Crippen LogP contribution in [0, 0.1) is 5.92 Å². The Balaban J connectivity index is 3.07. The van der Waals surface area contributed by atoms with Crippen molar-refractivity contribution >= 4 is 5.91 Å². The number of amides is 1. The molecule has 0 aromatic rings. The summed E-state index contributed by atoms with van der Waals surface area (Å²) in [6.07, 6.45) is 8.70. The van der Waals surface area contributed by atoms with E-state index in [1.165, 1.54) is 0 Å². The van der Waals surface area contributed by atoms with E-state index >= 15 is 0 Å². The fraction of sp³-hybridized carbons (Fsp3) is 0.250. The minimum absolute atomic E-state index is 0.0194. The van der Waals surface area contributed by atoms with Crippen LogP contribution in [0.3, 0.4) is 0 Å². The van der Waals surface area contributed by atoms with E-state index in [4.69, 9.17) is 4.74 Å². The average Bonchev–Trinajstić information content (AvgIpc) is 2.25. The van der Waals surface area contributed by atoms with Gasteiger partial charge in [0.15, 0.2) is 0 Å². The molecule has 0 saturated heterocycles. The minimum Gasteiger partial charge on any atom is -0.496 e. The predicted octanol–water partition coefficient (Wildman–Crippen LogP) is 1.91. The van der Waals surface area contributed by atoms with Crippen molar-refractivity contribution < 1.29 is 9.53 Å². The zero-order valence-corrected chi connectivity index (χ0v) is 8.99. The van der Waals surface area contributed by atoms with E-state index in [9.17, 15) is 4.79 Å². The molecule has 0 bridgehead atoms. The molecular weight excluding hydrogens is 190 g/mol. The lowest BCUT2D eigenvalue weighted by atomic mass is 9.96. The maximum absolute atomic E-state index is 11.4. The van der Waals surface area contributed by atoms with Crippen molar-refractivity contribution in [2.75, 3.05) is 7.11 Å². The number of rotatable bonds is 3. The van der Waals surface area contributed by atoms with Gasteiger partial charge in [0.2, 0.25) is 5.91 Å². The van der Waals surface area contributed by atoms with Crippen LogP contribution in [0.1, 0.15) is 6.92 Å². The third-order valence-corrected chi connectivity index (χ3v) is 2.24. The van der Waals surface area contributed by atoms with Crippen LogP contribution in [0.2, 0.25) is 0 Å². The monoisotopic (exact) mass is 205 g/mol. The van der Waals surface area contributed by atoms with Crippen LogP contribution < -0.4 is 5.32 Å². The van der Waals surface area contributed by atoms with E-state index in [2.05, 4.69) is 11.9 Å². The van der Waals surface area contributed by atoms with E-state index < -0.39 is 0 Å². The average molecular weight is 205 g/mol. The van der Waals surface area contributed by atoms with Gasteiger partial charge >= 0.3 is 0 Å². The molecule has 0 aromatic carbocycles. The maximum Gasteiger partial charge on any atom is 0.231 e. The first kappa shape index (κ1) is 11.3. The minimum atomic E-state index is -0.195. The molecule has 1 amide bonds. The van der Waals surface area contributed by atoms with Gasteiger partial charge in [0.05, 0.1) is 13.0 Å². The number of carbonyl (C=O) groups is 1. The van der Waals surface area contributed by atoms with Gasteiger partial charge in [-0.3, -0.25) is 4.79 Å². The van der Waals surface area contributed by atoms with Gasteiger partial charge in [0.25, 0.3) is 0 Å². The second-order valence-electron chi connectivity index (χ2n) is 3.18. The van der Waals surface area contributed by atoms with Gasteiger partial charge in [-0.25, -0.2) is 0 Å². The Kier molecular flexibility index (Phi) is 3.92. The summed E-state index contributed by atoms with van der Waals surface area (Å²) >= 11 is 0. The molecule has 0 fully saturated rings. The number of nitrogens with one attached hydrogen (secondary N) is 1. The van der Waals surface area contributed by atoms with Gasteiger partial charge in [-0.1, -0.05) is 18.7 Å². The smallest absolute Gasteiger partial charge is 0.231 e. The first-order valence-corrected chi connectivity index (χ1v) is 4.75. The zero-order chi connectivity index (χ0) is 11.3. The summed E-state index contributed by atoms with van der Waals surface area (Å²) in [5.74, 6) is 0.474. The first-order valence-electron chi connectivity index (χ1n) is 4.75. The molecule has 1 aliphatic heterocycles. The molecule has 1 N–H and O–H groups in total. The molecule has 1 aliphatic rings. The lowest BCUT2D eigenvalue weighted by molar-refractivity contribution is -0.122. The molecular formula is C12H15NO2. The fourth-order valence-electron chi connectivity index (χ4n) is 1.36.